The Labute approximate surface area is 181 Å². The van der Waals surface area contributed by atoms with Crippen LogP contribution in [0.1, 0.15) is 38.5 Å². The lowest BCUT2D eigenvalue weighted by Crippen LogP contribution is -2.34. The van der Waals surface area contributed by atoms with Crippen molar-refractivity contribution in [3.63, 3.8) is 0 Å². The highest BCUT2D eigenvalue weighted by atomic mass is 32.1. The fraction of sp³-hybridized carbons (Fsp3) is 0.522. The van der Waals surface area contributed by atoms with Gasteiger partial charge in [-0.2, -0.15) is 0 Å². The number of hydrogen-bond acceptors (Lipinski definition) is 6. The third kappa shape index (κ3) is 4.13. The van der Waals surface area contributed by atoms with Crippen LogP contribution in [0.3, 0.4) is 0 Å². The fourth-order valence-electron chi connectivity index (χ4n) is 4.58. The van der Waals surface area contributed by atoms with Crippen LogP contribution in [0.15, 0.2) is 30.6 Å². The standard InChI is InChI=1S/C23H28FN5S/c24-9-3-4-17-7-12-29(13-8-17)22-14-19-20(16-26-22)30-23(27-19)18-5-6-21(25-15-18)28-10-1-2-11-28/h5-6,14-17H,1-4,7-13H2. The molecule has 7 heteroatoms. The van der Waals surface area contributed by atoms with Crippen LogP contribution in [0.2, 0.25) is 0 Å². The van der Waals surface area contributed by atoms with Crippen molar-refractivity contribution in [2.24, 2.45) is 5.92 Å². The summed E-state index contributed by atoms with van der Waals surface area (Å²) >= 11 is 1.67. The highest BCUT2D eigenvalue weighted by Crippen LogP contribution is 2.33. The van der Waals surface area contributed by atoms with E-state index in [4.69, 9.17) is 9.97 Å². The predicted octanol–water partition coefficient (Wildman–Crippen LogP) is 5.32. The van der Waals surface area contributed by atoms with Crippen LogP contribution in [0.5, 0.6) is 0 Å². The number of piperidine rings is 1. The first kappa shape index (κ1) is 19.7. The summed E-state index contributed by atoms with van der Waals surface area (Å²) in [6.45, 7) is 4.01. The van der Waals surface area contributed by atoms with Gasteiger partial charge in [0, 0.05) is 50.2 Å². The third-order valence-corrected chi connectivity index (χ3v) is 7.43. The number of hydrogen-bond donors (Lipinski definition) is 0. The Morgan fingerprint density at radius 2 is 1.73 bits per heavy atom. The highest BCUT2D eigenvalue weighted by Gasteiger charge is 2.21. The third-order valence-electron chi connectivity index (χ3n) is 6.37. The van der Waals surface area contributed by atoms with Crippen LogP contribution >= 0.6 is 11.3 Å². The van der Waals surface area contributed by atoms with E-state index in [0.29, 0.717) is 12.3 Å². The summed E-state index contributed by atoms with van der Waals surface area (Å²) in [6, 6.07) is 6.36. The molecule has 0 aliphatic carbocycles. The van der Waals surface area contributed by atoms with Crippen molar-refractivity contribution in [2.45, 2.75) is 38.5 Å². The van der Waals surface area contributed by atoms with Gasteiger partial charge in [-0.15, -0.1) is 11.3 Å². The molecular formula is C23H28FN5S. The molecule has 0 aromatic carbocycles. The minimum Gasteiger partial charge on any atom is -0.357 e. The van der Waals surface area contributed by atoms with Crippen LogP contribution in [0.4, 0.5) is 16.0 Å². The van der Waals surface area contributed by atoms with E-state index >= 15 is 0 Å². The van der Waals surface area contributed by atoms with Gasteiger partial charge in [-0.05, 0) is 56.6 Å². The first-order chi connectivity index (χ1) is 14.8. The molecule has 2 aliphatic rings. The van der Waals surface area contributed by atoms with Crippen LogP contribution < -0.4 is 9.80 Å². The number of rotatable bonds is 6. The molecule has 0 N–H and O–H groups in total. The van der Waals surface area contributed by atoms with Crippen molar-refractivity contribution in [1.82, 2.24) is 15.0 Å². The number of anilines is 2. The molecule has 0 radical (unpaired) electrons. The molecule has 0 spiro atoms. The molecule has 158 valence electrons. The van der Waals surface area contributed by atoms with E-state index in [0.717, 1.165) is 77.9 Å². The summed E-state index contributed by atoms with van der Waals surface area (Å²) in [5.41, 5.74) is 2.07. The van der Waals surface area contributed by atoms with Crippen molar-refractivity contribution in [2.75, 3.05) is 42.7 Å². The summed E-state index contributed by atoms with van der Waals surface area (Å²) in [7, 11) is 0. The van der Waals surface area contributed by atoms with Crippen molar-refractivity contribution >= 4 is 33.2 Å². The molecule has 0 bridgehead atoms. The second-order valence-corrected chi connectivity index (χ2v) is 9.42. The van der Waals surface area contributed by atoms with E-state index < -0.39 is 0 Å². The Balaban J connectivity index is 1.29. The number of halogens is 1. The van der Waals surface area contributed by atoms with E-state index in [1.807, 2.05) is 12.4 Å². The van der Waals surface area contributed by atoms with E-state index in [1.54, 1.807) is 11.3 Å². The second kappa shape index (κ2) is 8.84. The molecule has 2 fully saturated rings. The lowest BCUT2D eigenvalue weighted by atomic mass is 9.92. The van der Waals surface area contributed by atoms with Gasteiger partial charge >= 0.3 is 0 Å². The number of aromatic nitrogens is 3. The zero-order valence-corrected chi connectivity index (χ0v) is 18.1. The Morgan fingerprint density at radius 1 is 0.967 bits per heavy atom. The van der Waals surface area contributed by atoms with Crippen molar-refractivity contribution < 1.29 is 4.39 Å². The molecule has 3 aromatic heterocycles. The number of fused-ring (bicyclic) bond motifs is 1. The maximum absolute atomic E-state index is 12.4. The topological polar surface area (TPSA) is 45.2 Å². The maximum Gasteiger partial charge on any atom is 0.130 e. The van der Waals surface area contributed by atoms with Gasteiger partial charge in [0.2, 0.25) is 0 Å². The van der Waals surface area contributed by atoms with Crippen LogP contribution in [-0.2, 0) is 0 Å². The Morgan fingerprint density at radius 3 is 2.47 bits per heavy atom. The largest absolute Gasteiger partial charge is 0.357 e. The molecule has 0 amide bonds. The lowest BCUT2D eigenvalue weighted by Gasteiger charge is -2.32. The van der Waals surface area contributed by atoms with Gasteiger partial charge in [-0.1, -0.05) is 0 Å². The Kier molecular flexibility index (Phi) is 5.79. The molecule has 0 unspecified atom stereocenters. The molecule has 5 rings (SSSR count). The lowest BCUT2D eigenvalue weighted by molar-refractivity contribution is 0.346. The van der Waals surface area contributed by atoms with Gasteiger partial charge in [0.25, 0.3) is 0 Å². The summed E-state index contributed by atoms with van der Waals surface area (Å²) in [5.74, 6) is 2.73. The van der Waals surface area contributed by atoms with Gasteiger partial charge in [-0.3, -0.25) is 4.39 Å². The minimum absolute atomic E-state index is 0.193. The minimum atomic E-state index is -0.193. The zero-order chi connectivity index (χ0) is 20.3. The Bertz CT molecular complexity index is 975. The Hall–Kier alpha value is -2.28. The van der Waals surface area contributed by atoms with Crippen molar-refractivity contribution in [3.05, 3.63) is 30.6 Å². The molecule has 30 heavy (non-hydrogen) atoms. The summed E-state index contributed by atoms with van der Waals surface area (Å²) < 4.78 is 13.5. The van der Waals surface area contributed by atoms with Gasteiger partial charge in [0.1, 0.15) is 16.6 Å². The van der Waals surface area contributed by atoms with E-state index in [9.17, 15) is 4.39 Å². The molecule has 0 saturated carbocycles. The fourth-order valence-corrected chi connectivity index (χ4v) is 5.49. The van der Waals surface area contributed by atoms with E-state index in [-0.39, 0.29) is 6.67 Å². The quantitative estimate of drug-likeness (QED) is 0.535. The SMILES string of the molecule is FCCCC1CCN(c2cc3nc(-c4ccc(N5CCCC5)nc4)sc3cn2)CC1. The van der Waals surface area contributed by atoms with E-state index in [1.165, 1.54) is 12.8 Å². The molecule has 3 aromatic rings. The number of alkyl halides is 1. The van der Waals surface area contributed by atoms with Crippen LogP contribution in [0.25, 0.3) is 20.8 Å². The average molecular weight is 426 g/mol. The molecule has 0 atom stereocenters. The normalized spacial score (nSPS) is 17.9. The van der Waals surface area contributed by atoms with Gasteiger partial charge < -0.3 is 9.80 Å². The maximum atomic E-state index is 12.4. The number of pyridine rings is 2. The summed E-state index contributed by atoms with van der Waals surface area (Å²) in [6.07, 6.45) is 10.4. The molecule has 2 aliphatic heterocycles. The van der Waals surface area contributed by atoms with Gasteiger partial charge in [0.15, 0.2) is 0 Å². The van der Waals surface area contributed by atoms with Crippen molar-refractivity contribution in [1.29, 1.82) is 0 Å². The summed E-state index contributed by atoms with van der Waals surface area (Å²) in [4.78, 5) is 18.9. The van der Waals surface area contributed by atoms with Crippen LogP contribution in [-0.4, -0.2) is 47.8 Å². The first-order valence-corrected chi connectivity index (χ1v) is 11.9. The first-order valence-electron chi connectivity index (χ1n) is 11.1. The highest BCUT2D eigenvalue weighted by molar-refractivity contribution is 7.21. The zero-order valence-electron chi connectivity index (χ0n) is 17.3. The molecular weight excluding hydrogens is 397 g/mol. The summed E-state index contributed by atoms with van der Waals surface area (Å²) in [5, 5.41) is 0.995. The van der Waals surface area contributed by atoms with Gasteiger partial charge in [0.05, 0.1) is 16.9 Å². The monoisotopic (exact) mass is 425 g/mol. The molecule has 5 nitrogen and oxygen atoms in total. The van der Waals surface area contributed by atoms with Gasteiger partial charge in [-0.25, -0.2) is 15.0 Å². The second-order valence-electron chi connectivity index (χ2n) is 8.39. The average Bonchev–Trinajstić information content (AvgIpc) is 3.48. The van der Waals surface area contributed by atoms with Crippen LogP contribution in [0, 0.1) is 5.92 Å². The number of nitrogens with zero attached hydrogens (tertiary/aromatic N) is 5. The predicted molar refractivity (Wildman–Crippen MR) is 122 cm³/mol. The number of thiazole rings is 1. The molecule has 5 heterocycles. The smallest absolute Gasteiger partial charge is 0.130 e. The molecule has 2 saturated heterocycles. The van der Waals surface area contributed by atoms with Crippen molar-refractivity contribution in [3.8, 4) is 10.6 Å². The van der Waals surface area contributed by atoms with E-state index in [2.05, 4.69) is 33.0 Å².